The summed E-state index contributed by atoms with van der Waals surface area (Å²) in [5, 5.41) is 9.99. The number of anilines is 1. The molecule has 2 heterocycles. The summed E-state index contributed by atoms with van der Waals surface area (Å²) in [4.78, 5) is 19.8. The predicted molar refractivity (Wildman–Crippen MR) is 101 cm³/mol. The number of carbonyl (C=O) groups is 1. The quantitative estimate of drug-likeness (QED) is 0.824. The van der Waals surface area contributed by atoms with Crippen LogP contribution in [0.4, 0.5) is 5.88 Å². The van der Waals surface area contributed by atoms with Gasteiger partial charge in [-0.1, -0.05) is 36.7 Å². The van der Waals surface area contributed by atoms with E-state index in [0.29, 0.717) is 49.4 Å². The van der Waals surface area contributed by atoms with E-state index in [4.69, 9.17) is 16.0 Å². The lowest BCUT2D eigenvalue weighted by atomic mass is 10.2. The fourth-order valence-electron chi connectivity index (χ4n) is 2.84. The monoisotopic (exact) mass is 370 g/mol. The van der Waals surface area contributed by atoms with E-state index in [1.807, 2.05) is 34.9 Å². The third kappa shape index (κ3) is 3.89. The van der Waals surface area contributed by atoms with Crippen molar-refractivity contribution >= 4 is 35.5 Å². The van der Waals surface area contributed by atoms with Gasteiger partial charge in [0.1, 0.15) is 6.07 Å². The summed E-state index contributed by atoms with van der Waals surface area (Å²) in [5.41, 5.74) is 1.10. The molecule has 7 heteroatoms. The van der Waals surface area contributed by atoms with Crippen molar-refractivity contribution in [2.45, 2.75) is 13.3 Å². The van der Waals surface area contributed by atoms with Crippen LogP contribution in [0.15, 0.2) is 28.7 Å². The van der Waals surface area contributed by atoms with Gasteiger partial charge in [-0.3, -0.25) is 4.79 Å². The van der Waals surface area contributed by atoms with Crippen LogP contribution in [0.5, 0.6) is 0 Å². The molecular formula is C19H19ClN4O2. The fraction of sp³-hybridized carbons (Fsp3) is 0.316. The topological polar surface area (TPSA) is 73.4 Å². The van der Waals surface area contributed by atoms with Crippen molar-refractivity contribution in [3.8, 4) is 6.07 Å². The molecule has 0 spiro atoms. The van der Waals surface area contributed by atoms with Gasteiger partial charge in [-0.05, 0) is 17.7 Å². The molecule has 0 bridgehead atoms. The molecule has 1 saturated heterocycles. The van der Waals surface area contributed by atoms with Gasteiger partial charge >= 0.3 is 0 Å². The molecule has 134 valence electrons. The largest absolute Gasteiger partial charge is 0.420 e. The average Bonchev–Trinajstić information content (AvgIpc) is 3.10. The number of amides is 1. The molecule has 0 N–H and O–H groups in total. The maximum atomic E-state index is 11.8. The number of hydrogen-bond donors (Lipinski definition) is 0. The van der Waals surface area contributed by atoms with Crippen LogP contribution in [0.1, 0.15) is 30.5 Å². The Balaban J connectivity index is 1.75. The predicted octanol–water partition coefficient (Wildman–Crippen LogP) is 3.43. The normalized spacial score (nSPS) is 14.7. The van der Waals surface area contributed by atoms with E-state index >= 15 is 0 Å². The van der Waals surface area contributed by atoms with Gasteiger partial charge in [-0.15, -0.1) is 0 Å². The number of hydrogen-bond acceptors (Lipinski definition) is 5. The van der Waals surface area contributed by atoms with E-state index in [1.165, 1.54) is 0 Å². The molecule has 1 aliphatic heterocycles. The Morgan fingerprint density at radius 2 is 2.04 bits per heavy atom. The molecule has 26 heavy (non-hydrogen) atoms. The van der Waals surface area contributed by atoms with Gasteiger partial charge in [-0.25, -0.2) is 0 Å². The molecule has 1 amide bonds. The third-order valence-electron chi connectivity index (χ3n) is 4.26. The Morgan fingerprint density at radius 3 is 2.69 bits per heavy atom. The maximum absolute atomic E-state index is 11.8. The zero-order valence-electron chi connectivity index (χ0n) is 14.5. The van der Waals surface area contributed by atoms with Gasteiger partial charge in [0.25, 0.3) is 0 Å². The average molecular weight is 371 g/mol. The van der Waals surface area contributed by atoms with Crippen molar-refractivity contribution in [2.24, 2.45) is 0 Å². The second-order valence-corrected chi connectivity index (χ2v) is 6.30. The Labute approximate surface area is 157 Å². The Hall–Kier alpha value is -2.78. The van der Waals surface area contributed by atoms with E-state index < -0.39 is 0 Å². The van der Waals surface area contributed by atoms with Crippen LogP contribution in [0, 0.1) is 11.3 Å². The number of carbonyl (C=O) groups excluding carboxylic acids is 1. The van der Waals surface area contributed by atoms with Crippen molar-refractivity contribution in [2.75, 3.05) is 31.1 Å². The van der Waals surface area contributed by atoms with Crippen molar-refractivity contribution < 1.29 is 9.21 Å². The zero-order chi connectivity index (χ0) is 18.5. The summed E-state index contributed by atoms with van der Waals surface area (Å²) < 4.78 is 5.79. The van der Waals surface area contributed by atoms with Crippen LogP contribution < -0.4 is 4.90 Å². The van der Waals surface area contributed by atoms with E-state index in [1.54, 1.807) is 18.2 Å². The summed E-state index contributed by atoms with van der Waals surface area (Å²) in [6.45, 7) is 4.31. The van der Waals surface area contributed by atoms with Crippen LogP contribution in [0.3, 0.4) is 0 Å². The first kappa shape index (κ1) is 18.0. The van der Waals surface area contributed by atoms with Crippen LogP contribution in [0.2, 0.25) is 5.02 Å². The highest BCUT2D eigenvalue weighted by molar-refractivity contribution is 6.32. The van der Waals surface area contributed by atoms with Gasteiger partial charge in [0, 0.05) is 43.7 Å². The Bertz CT molecular complexity index is 861. The highest BCUT2D eigenvalue weighted by Gasteiger charge is 2.25. The smallest absolute Gasteiger partial charge is 0.235 e. The molecule has 1 aromatic carbocycles. The van der Waals surface area contributed by atoms with Crippen LogP contribution in [-0.4, -0.2) is 42.0 Å². The summed E-state index contributed by atoms with van der Waals surface area (Å²) in [6.07, 6.45) is 4.00. The molecule has 0 saturated carbocycles. The lowest BCUT2D eigenvalue weighted by molar-refractivity contribution is -0.131. The van der Waals surface area contributed by atoms with Crippen molar-refractivity contribution in [3.05, 3.63) is 46.4 Å². The van der Waals surface area contributed by atoms with Gasteiger partial charge in [0.05, 0.1) is 0 Å². The molecular weight excluding hydrogens is 352 g/mol. The minimum Gasteiger partial charge on any atom is -0.420 e. The number of rotatable bonds is 4. The first-order valence-corrected chi connectivity index (χ1v) is 8.86. The number of aromatic nitrogens is 1. The second kappa shape index (κ2) is 8.07. The van der Waals surface area contributed by atoms with E-state index in [-0.39, 0.29) is 11.6 Å². The SMILES string of the molecule is CCC(=O)N1CCN(c2oc(C=Cc3ccccc3Cl)nc2C#N)CC1. The minimum atomic E-state index is 0.145. The molecule has 0 atom stereocenters. The van der Waals surface area contributed by atoms with Crippen LogP contribution in [-0.2, 0) is 4.79 Å². The fourth-order valence-corrected chi connectivity index (χ4v) is 3.04. The molecule has 2 aromatic rings. The van der Waals surface area contributed by atoms with E-state index in [0.717, 1.165) is 5.56 Å². The molecule has 1 aromatic heterocycles. The summed E-state index contributed by atoms with van der Waals surface area (Å²) in [5.74, 6) is 0.949. The lowest BCUT2D eigenvalue weighted by Crippen LogP contribution is -2.48. The number of piperazine rings is 1. The Morgan fingerprint density at radius 1 is 1.31 bits per heavy atom. The molecule has 1 fully saturated rings. The number of nitrogens with zero attached hydrogens (tertiary/aromatic N) is 4. The Kier molecular flexibility index (Phi) is 5.59. The number of nitriles is 1. The first-order chi connectivity index (χ1) is 12.6. The number of halogens is 1. The lowest BCUT2D eigenvalue weighted by Gasteiger charge is -2.34. The van der Waals surface area contributed by atoms with Crippen molar-refractivity contribution in [1.82, 2.24) is 9.88 Å². The maximum Gasteiger partial charge on any atom is 0.235 e. The molecule has 0 unspecified atom stereocenters. The molecule has 1 aliphatic rings. The highest BCUT2D eigenvalue weighted by atomic mass is 35.5. The van der Waals surface area contributed by atoms with Crippen LogP contribution >= 0.6 is 11.6 Å². The third-order valence-corrected chi connectivity index (χ3v) is 4.61. The molecule has 0 radical (unpaired) electrons. The van der Waals surface area contributed by atoms with E-state index in [9.17, 15) is 10.1 Å². The van der Waals surface area contributed by atoms with Gasteiger partial charge in [0.15, 0.2) is 0 Å². The number of benzene rings is 1. The molecule has 3 rings (SSSR count). The standard InChI is InChI=1S/C19H19ClN4O2/c1-2-18(25)23-9-11-24(12-10-23)19-16(13-21)22-17(26-19)8-7-14-5-3-4-6-15(14)20/h3-8H,2,9-12H2,1H3. The van der Waals surface area contributed by atoms with Gasteiger partial charge in [-0.2, -0.15) is 10.2 Å². The summed E-state index contributed by atoms with van der Waals surface area (Å²) >= 11 is 6.13. The van der Waals surface area contributed by atoms with Crippen molar-refractivity contribution in [1.29, 1.82) is 5.26 Å². The minimum absolute atomic E-state index is 0.145. The summed E-state index contributed by atoms with van der Waals surface area (Å²) in [6, 6.07) is 9.53. The first-order valence-electron chi connectivity index (χ1n) is 8.48. The summed E-state index contributed by atoms with van der Waals surface area (Å²) in [7, 11) is 0. The van der Waals surface area contributed by atoms with Gasteiger partial charge in [0.2, 0.25) is 23.4 Å². The number of oxazole rings is 1. The second-order valence-electron chi connectivity index (χ2n) is 5.89. The van der Waals surface area contributed by atoms with E-state index in [2.05, 4.69) is 11.1 Å². The molecule has 0 aliphatic carbocycles. The van der Waals surface area contributed by atoms with Crippen molar-refractivity contribution in [3.63, 3.8) is 0 Å². The van der Waals surface area contributed by atoms with Crippen LogP contribution in [0.25, 0.3) is 12.2 Å². The van der Waals surface area contributed by atoms with Gasteiger partial charge < -0.3 is 14.2 Å². The highest BCUT2D eigenvalue weighted by Crippen LogP contribution is 2.25. The zero-order valence-corrected chi connectivity index (χ0v) is 15.2. The molecule has 6 nitrogen and oxygen atoms in total.